The summed E-state index contributed by atoms with van der Waals surface area (Å²) >= 11 is 0. The van der Waals surface area contributed by atoms with Gasteiger partial charge in [0.2, 0.25) is 5.91 Å². The van der Waals surface area contributed by atoms with Crippen LogP contribution >= 0.6 is 0 Å². The van der Waals surface area contributed by atoms with Crippen LogP contribution in [0.25, 0.3) is 22.2 Å². The zero-order valence-corrected chi connectivity index (χ0v) is 14.3. The number of anilines is 1. The summed E-state index contributed by atoms with van der Waals surface area (Å²) in [5.41, 5.74) is 5.05. The summed E-state index contributed by atoms with van der Waals surface area (Å²) in [5.74, 6) is 0.0250. The van der Waals surface area contributed by atoms with Crippen LogP contribution in [0.4, 0.5) is 5.69 Å². The SMILES string of the molecule is O=C(CCc1cccc(-c2cnc3[nH]ccc3c2)c1)Nc1ccccc1. The molecule has 2 N–H and O–H groups in total. The van der Waals surface area contributed by atoms with Crippen molar-refractivity contribution in [1.82, 2.24) is 9.97 Å². The van der Waals surface area contributed by atoms with E-state index in [1.54, 1.807) is 0 Å². The minimum Gasteiger partial charge on any atom is -0.346 e. The van der Waals surface area contributed by atoms with E-state index in [9.17, 15) is 4.79 Å². The number of aromatic amines is 1. The number of aryl methyl sites for hydroxylation is 1. The van der Waals surface area contributed by atoms with Gasteiger partial charge in [0.25, 0.3) is 0 Å². The molecule has 0 unspecified atom stereocenters. The lowest BCUT2D eigenvalue weighted by molar-refractivity contribution is -0.116. The molecule has 26 heavy (non-hydrogen) atoms. The molecule has 0 aliphatic carbocycles. The van der Waals surface area contributed by atoms with Crippen molar-refractivity contribution >= 4 is 22.6 Å². The van der Waals surface area contributed by atoms with Crippen molar-refractivity contribution < 1.29 is 4.79 Å². The number of H-pyrrole nitrogens is 1. The first-order valence-electron chi connectivity index (χ1n) is 8.65. The summed E-state index contributed by atoms with van der Waals surface area (Å²) < 4.78 is 0. The van der Waals surface area contributed by atoms with Crippen LogP contribution in [0.5, 0.6) is 0 Å². The highest BCUT2D eigenvalue weighted by atomic mass is 16.1. The van der Waals surface area contributed by atoms with Gasteiger partial charge in [-0.25, -0.2) is 4.98 Å². The molecular weight excluding hydrogens is 322 g/mol. The Kier molecular flexibility index (Phi) is 4.48. The average Bonchev–Trinajstić information content (AvgIpc) is 3.15. The molecule has 0 aliphatic rings. The van der Waals surface area contributed by atoms with E-state index in [4.69, 9.17) is 0 Å². The Bertz CT molecular complexity index is 1040. The zero-order chi connectivity index (χ0) is 17.8. The first-order valence-corrected chi connectivity index (χ1v) is 8.65. The molecule has 2 aromatic heterocycles. The van der Waals surface area contributed by atoms with Crippen molar-refractivity contribution in [2.75, 3.05) is 5.32 Å². The van der Waals surface area contributed by atoms with Gasteiger partial charge in [-0.1, -0.05) is 42.5 Å². The Morgan fingerprint density at radius 1 is 0.962 bits per heavy atom. The lowest BCUT2D eigenvalue weighted by atomic mass is 10.0. The van der Waals surface area contributed by atoms with Gasteiger partial charge >= 0.3 is 0 Å². The molecule has 4 aromatic rings. The van der Waals surface area contributed by atoms with E-state index in [-0.39, 0.29) is 5.91 Å². The minimum absolute atomic E-state index is 0.0250. The fraction of sp³-hybridized carbons (Fsp3) is 0.0909. The van der Waals surface area contributed by atoms with Crippen LogP contribution in [0.1, 0.15) is 12.0 Å². The third-order valence-electron chi connectivity index (χ3n) is 4.36. The second-order valence-corrected chi connectivity index (χ2v) is 6.25. The normalized spacial score (nSPS) is 10.8. The van der Waals surface area contributed by atoms with E-state index in [1.807, 2.05) is 54.9 Å². The Labute approximate surface area is 151 Å². The number of hydrogen-bond donors (Lipinski definition) is 2. The predicted octanol–water partition coefficient (Wildman–Crippen LogP) is 4.80. The van der Waals surface area contributed by atoms with Crippen LogP contribution in [-0.4, -0.2) is 15.9 Å². The first-order chi connectivity index (χ1) is 12.8. The average molecular weight is 341 g/mol. The summed E-state index contributed by atoms with van der Waals surface area (Å²) in [6.07, 6.45) is 4.92. The highest BCUT2D eigenvalue weighted by Gasteiger charge is 2.06. The van der Waals surface area contributed by atoms with Gasteiger partial charge in [-0.2, -0.15) is 0 Å². The number of rotatable bonds is 5. The first kappa shape index (κ1) is 16.1. The number of carbonyl (C=O) groups excluding carboxylic acids is 1. The molecule has 0 atom stereocenters. The number of aromatic nitrogens is 2. The van der Waals surface area contributed by atoms with Crippen molar-refractivity contribution in [2.24, 2.45) is 0 Å². The molecule has 0 aliphatic heterocycles. The van der Waals surface area contributed by atoms with Crippen molar-refractivity contribution in [3.63, 3.8) is 0 Å². The molecule has 0 spiro atoms. The number of nitrogens with zero attached hydrogens (tertiary/aromatic N) is 1. The van der Waals surface area contributed by atoms with Crippen molar-refractivity contribution in [3.8, 4) is 11.1 Å². The third kappa shape index (κ3) is 3.64. The zero-order valence-electron chi connectivity index (χ0n) is 14.3. The number of fused-ring (bicyclic) bond motifs is 1. The van der Waals surface area contributed by atoms with Crippen LogP contribution in [0.15, 0.2) is 79.1 Å². The standard InChI is InChI=1S/C22H19N3O/c26-21(25-20-7-2-1-3-8-20)10-9-16-5-4-6-17(13-16)19-14-18-11-12-23-22(18)24-15-19/h1-8,11-15H,9-10H2,(H,23,24)(H,25,26). The van der Waals surface area contributed by atoms with Gasteiger partial charge in [0.05, 0.1) is 0 Å². The molecule has 128 valence electrons. The quantitative estimate of drug-likeness (QED) is 0.548. The number of para-hydroxylation sites is 1. The fourth-order valence-corrected chi connectivity index (χ4v) is 3.01. The summed E-state index contributed by atoms with van der Waals surface area (Å²) in [4.78, 5) is 19.7. The topological polar surface area (TPSA) is 57.8 Å². The van der Waals surface area contributed by atoms with Gasteiger partial charge in [-0.05, 0) is 41.8 Å². The molecule has 4 nitrogen and oxygen atoms in total. The van der Waals surface area contributed by atoms with Crippen LogP contribution in [0.2, 0.25) is 0 Å². The van der Waals surface area contributed by atoms with Gasteiger partial charge < -0.3 is 10.3 Å². The second kappa shape index (κ2) is 7.23. The number of amides is 1. The summed E-state index contributed by atoms with van der Waals surface area (Å²) in [6.45, 7) is 0. The summed E-state index contributed by atoms with van der Waals surface area (Å²) in [5, 5.41) is 4.02. The molecule has 1 amide bonds. The van der Waals surface area contributed by atoms with Gasteiger partial charge in [-0.3, -0.25) is 4.79 Å². The molecular formula is C22H19N3O. The van der Waals surface area contributed by atoms with E-state index >= 15 is 0 Å². The maximum absolute atomic E-state index is 12.1. The number of pyridine rings is 1. The lowest BCUT2D eigenvalue weighted by Gasteiger charge is -2.07. The lowest BCUT2D eigenvalue weighted by Crippen LogP contribution is -2.12. The summed E-state index contributed by atoms with van der Waals surface area (Å²) in [6, 6.07) is 22.0. The molecule has 0 radical (unpaired) electrons. The van der Waals surface area contributed by atoms with Crippen LogP contribution in [-0.2, 0) is 11.2 Å². The van der Waals surface area contributed by atoms with E-state index in [1.165, 1.54) is 0 Å². The fourth-order valence-electron chi connectivity index (χ4n) is 3.01. The molecule has 4 heteroatoms. The molecule has 0 saturated heterocycles. The largest absolute Gasteiger partial charge is 0.346 e. The van der Waals surface area contributed by atoms with Crippen molar-refractivity contribution in [3.05, 3.63) is 84.7 Å². The molecule has 0 bridgehead atoms. The molecule has 2 aromatic carbocycles. The van der Waals surface area contributed by atoms with Crippen LogP contribution in [0.3, 0.4) is 0 Å². The highest BCUT2D eigenvalue weighted by molar-refractivity contribution is 5.90. The minimum atomic E-state index is 0.0250. The van der Waals surface area contributed by atoms with E-state index in [2.05, 4.69) is 39.6 Å². The Balaban J connectivity index is 1.44. The van der Waals surface area contributed by atoms with Gasteiger partial charge in [0.15, 0.2) is 0 Å². The van der Waals surface area contributed by atoms with Gasteiger partial charge in [-0.15, -0.1) is 0 Å². The second-order valence-electron chi connectivity index (χ2n) is 6.25. The number of hydrogen-bond acceptors (Lipinski definition) is 2. The Morgan fingerprint density at radius 3 is 2.73 bits per heavy atom. The maximum Gasteiger partial charge on any atom is 0.224 e. The Hall–Kier alpha value is -3.40. The van der Waals surface area contributed by atoms with Crippen molar-refractivity contribution in [2.45, 2.75) is 12.8 Å². The van der Waals surface area contributed by atoms with E-state index in [0.717, 1.165) is 33.4 Å². The molecule has 0 saturated carbocycles. The third-order valence-corrected chi connectivity index (χ3v) is 4.36. The van der Waals surface area contributed by atoms with E-state index < -0.39 is 0 Å². The smallest absolute Gasteiger partial charge is 0.224 e. The number of nitrogens with one attached hydrogen (secondary N) is 2. The number of benzene rings is 2. The summed E-state index contributed by atoms with van der Waals surface area (Å²) in [7, 11) is 0. The molecule has 4 rings (SSSR count). The van der Waals surface area contributed by atoms with Gasteiger partial charge in [0.1, 0.15) is 5.65 Å². The predicted molar refractivity (Wildman–Crippen MR) is 105 cm³/mol. The van der Waals surface area contributed by atoms with Crippen LogP contribution < -0.4 is 5.32 Å². The van der Waals surface area contributed by atoms with Gasteiger partial charge in [0, 0.05) is 35.5 Å². The Morgan fingerprint density at radius 2 is 1.85 bits per heavy atom. The van der Waals surface area contributed by atoms with Crippen molar-refractivity contribution in [1.29, 1.82) is 0 Å². The molecule has 2 heterocycles. The van der Waals surface area contributed by atoms with E-state index in [0.29, 0.717) is 12.8 Å². The monoisotopic (exact) mass is 341 g/mol. The van der Waals surface area contributed by atoms with Crippen LogP contribution in [0, 0.1) is 0 Å². The molecule has 0 fully saturated rings. The number of carbonyl (C=O) groups is 1. The maximum atomic E-state index is 12.1. The highest BCUT2D eigenvalue weighted by Crippen LogP contribution is 2.23.